The average Bonchev–Trinajstić information content (AvgIpc) is 2.78. The van der Waals surface area contributed by atoms with Gasteiger partial charge in [0.2, 0.25) is 0 Å². The van der Waals surface area contributed by atoms with Gasteiger partial charge in [0.25, 0.3) is 0 Å². The van der Waals surface area contributed by atoms with Crippen molar-refractivity contribution in [2.24, 2.45) is 0 Å². The van der Waals surface area contributed by atoms with Crippen LogP contribution in [0.25, 0.3) is 0 Å². The van der Waals surface area contributed by atoms with Gasteiger partial charge in [0.05, 0.1) is 12.2 Å². The molecule has 0 radical (unpaired) electrons. The third kappa shape index (κ3) is 5.77. The van der Waals surface area contributed by atoms with Crippen molar-refractivity contribution in [3.63, 3.8) is 0 Å². The van der Waals surface area contributed by atoms with Gasteiger partial charge in [0, 0.05) is 29.4 Å². The van der Waals surface area contributed by atoms with Crippen molar-refractivity contribution < 1.29 is 14.3 Å². The molecule has 0 spiro atoms. The summed E-state index contributed by atoms with van der Waals surface area (Å²) in [6.45, 7) is 6.21. The Kier molecular flexibility index (Phi) is 7.75. The minimum Gasteiger partial charge on any atom is -0.488 e. The highest BCUT2D eigenvalue weighted by molar-refractivity contribution is 6.30. The summed E-state index contributed by atoms with van der Waals surface area (Å²) in [4.78, 5) is 14.1. The van der Waals surface area contributed by atoms with E-state index in [1.165, 1.54) is 0 Å². The molecule has 0 unspecified atom stereocenters. The fourth-order valence-corrected chi connectivity index (χ4v) is 3.30. The number of carbonyl (C=O) groups is 1. The smallest absolute Gasteiger partial charge is 0.338 e. The Bertz CT molecular complexity index is 958. The Hall–Kier alpha value is -2.98. The fourth-order valence-electron chi connectivity index (χ4n) is 3.14. The van der Waals surface area contributed by atoms with E-state index in [0.29, 0.717) is 30.3 Å². The molecule has 0 saturated heterocycles. The summed E-state index contributed by atoms with van der Waals surface area (Å²) < 4.78 is 11.1. The Labute approximate surface area is 183 Å². The van der Waals surface area contributed by atoms with E-state index in [4.69, 9.17) is 21.1 Å². The molecule has 156 valence electrons. The van der Waals surface area contributed by atoms with Gasteiger partial charge in [0.15, 0.2) is 0 Å². The molecule has 4 nitrogen and oxygen atoms in total. The third-order valence-electron chi connectivity index (χ3n) is 4.75. The van der Waals surface area contributed by atoms with E-state index in [-0.39, 0.29) is 5.97 Å². The number of ether oxygens (including phenoxy) is 2. The van der Waals surface area contributed by atoms with Crippen molar-refractivity contribution >= 4 is 23.3 Å². The number of halogens is 1. The van der Waals surface area contributed by atoms with Crippen LogP contribution in [-0.2, 0) is 17.9 Å². The predicted molar refractivity (Wildman–Crippen MR) is 121 cm³/mol. The second kappa shape index (κ2) is 10.7. The summed E-state index contributed by atoms with van der Waals surface area (Å²) >= 11 is 6.22. The monoisotopic (exact) mass is 423 g/mol. The zero-order valence-electron chi connectivity index (χ0n) is 17.3. The van der Waals surface area contributed by atoms with Crippen molar-refractivity contribution in [1.29, 1.82) is 0 Å². The fraction of sp³-hybridized carbons (Fsp3) is 0.240. The molecule has 5 heteroatoms. The van der Waals surface area contributed by atoms with Gasteiger partial charge in [-0.1, -0.05) is 48.0 Å². The minimum atomic E-state index is -0.304. The maximum absolute atomic E-state index is 11.9. The summed E-state index contributed by atoms with van der Waals surface area (Å²) in [5, 5.41) is 0.642. The van der Waals surface area contributed by atoms with Gasteiger partial charge in [-0.3, -0.25) is 0 Å². The standard InChI is InChI=1S/C25H26ClNO3/c1-3-27(23-14-11-20(12-15-23)25(28)29-4-2)17-21-10-13-22(26)16-24(21)30-18-19-8-6-5-7-9-19/h5-16H,3-4,17-18H2,1-2H3. The van der Waals surface area contributed by atoms with Gasteiger partial charge in [-0.05, 0) is 55.8 Å². The van der Waals surface area contributed by atoms with Crippen molar-refractivity contribution in [3.05, 3.63) is 94.5 Å². The molecule has 3 aromatic rings. The van der Waals surface area contributed by atoms with Crippen LogP contribution in [0.5, 0.6) is 5.75 Å². The van der Waals surface area contributed by atoms with E-state index in [1.807, 2.05) is 60.7 Å². The quantitative estimate of drug-likeness (QED) is 0.388. The van der Waals surface area contributed by atoms with Crippen molar-refractivity contribution in [2.45, 2.75) is 27.0 Å². The van der Waals surface area contributed by atoms with Crippen LogP contribution in [0.3, 0.4) is 0 Å². The van der Waals surface area contributed by atoms with Crippen LogP contribution in [0.2, 0.25) is 5.02 Å². The van der Waals surface area contributed by atoms with Crippen molar-refractivity contribution in [2.75, 3.05) is 18.1 Å². The van der Waals surface area contributed by atoms with Crippen molar-refractivity contribution in [1.82, 2.24) is 0 Å². The molecule has 0 aliphatic carbocycles. The van der Waals surface area contributed by atoms with Gasteiger partial charge in [0.1, 0.15) is 12.4 Å². The number of rotatable bonds is 9. The molecule has 0 aromatic heterocycles. The summed E-state index contributed by atoms with van der Waals surface area (Å²) in [6, 6.07) is 23.3. The number of esters is 1. The van der Waals surface area contributed by atoms with Gasteiger partial charge in [-0.25, -0.2) is 4.79 Å². The lowest BCUT2D eigenvalue weighted by Gasteiger charge is -2.25. The number of carbonyl (C=O) groups excluding carboxylic acids is 1. The Morgan fingerprint density at radius 1 is 0.967 bits per heavy atom. The van der Waals surface area contributed by atoms with Gasteiger partial charge in [-0.2, -0.15) is 0 Å². The highest BCUT2D eigenvalue weighted by Gasteiger charge is 2.13. The van der Waals surface area contributed by atoms with Crippen molar-refractivity contribution in [3.8, 4) is 5.75 Å². The molecule has 0 aliphatic rings. The number of nitrogens with zero attached hydrogens (tertiary/aromatic N) is 1. The minimum absolute atomic E-state index is 0.304. The van der Waals surface area contributed by atoms with E-state index in [0.717, 1.165) is 29.1 Å². The molecule has 0 atom stereocenters. The summed E-state index contributed by atoms with van der Waals surface area (Å²) in [5.41, 5.74) is 3.72. The first-order chi connectivity index (χ1) is 14.6. The number of hydrogen-bond donors (Lipinski definition) is 0. The molecule has 3 aromatic carbocycles. The van der Waals surface area contributed by atoms with Crippen LogP contribution in [0.4, 0.5) is 5.69 Å². The van der Waals surface area contributed by atoms with Crippen LogP contribution in [-0.4, -0.2) is 19.1 Å². The molecule has 0 bridgehead atoms. The lowest BCUT2D eigenvalue weighted by atomic mass is 10.1. The van der Waals surface area contributed by atoms with E-state index in [2.05, 4.69) is 11.8 Å². The molecule has 0 heterocycles. The summed E-state index contributed by atoms with van der Waals surface area (Å²) in [7, 11) is 0. The topological polar surface area (TPSA) is 38.8 Å². The number of hydrogen-bond acceptors (Lipinski definition) is 4. The molecule has 0 saturated carbocycles. The first kappa shape index (κ1) is 21.7. The molecule has 0 amide bonds. The maximum atomic E-state index is 11.9. The second-order valence-electron chi connectivity index (χ2n) is 6.81. The average molecular weight is 424 g/mol. The molecule has 0 aliphatic heterocycles. The van der Waals surface area contributed by atoms with Crippen LogP contribution in [0, 0.1) is 0 Å². The first-order valence-corrected chi connectivity index (χ1v) is 10.5. The molecule has 0 fully saturated rings. The Balaban J connectivity index is 1.75. The number of anilines is 1. The Morgan fingerprint density at radius 3 is 2.37 bits per heavy atom. The Morgan fingerprint density at radius 2 is 1.70 bits per heavy atom. The highest BCUT2D eigenvalue weighted by atomic mass is 35.5. The highest BCUT2D eigenvalue weighted by Crippen LogP contribution is 2.28. The summed E-state index contributed by atoms with van der Waals surface area (Å²) in [6.07, 6.45) is 0. The molecule has 3 rings (SSSR count). The zero-order chi connectivity index (χ0) is 21.3. The lowest BCUT2D eigenvalue weighted by Crippen LogP contribution is -2.22. The molecule has 30 heavy (non-hydrogen) atoms. The molecule has 0 N–H and O–H groups in total. The molecular weight excluding hydrogens is 398 g/mol. The van der Waals surface area contributed by atoms with Crippen LogP contribution >= 0.6 is 11.6 Å². The molecular formula is C25H26ClNO3. The number of benzene rings is 3. The van der Waals surface area contributed by atoms with Gasteiger partial charge >= 0.3 is 5.97 Å². The van der Waals surface area contributed by atoms with Crippen LogP contribution < -0.4 is 9.64 Å². The second-order valence-corrected chi connectivity index (χ2v) is 7.24. The predicted octanol–water partition coefficient (Wildman–Crippen LogP) is 6.12. The first-order valence-electron chi connectivity index (χ1n) is 10.1. The van der Waals surface area contributed by atoms with E-state index < -0.39 is 0 Å². The van der Waals surface area contributed by atoms with E-state index in [1.54, 1.807) is 19.1 Å². The van der Waals surface area contributed by atoms with Gasteiger partial charge in [-0.15, -0.1) is 0 Å². The van der Waals surface area contributed by atoms with Crippen LogP contribution in [0.1, 0.15) is 35.3 Å². The zero-order valence-corrected chi connectivity index (χ0v) is 18.1. The largest absolute Gasteiger partial charge is 0.488 e. The lowest BCUT2D eigenvalue weighted by molar-refractivity contribution is 0.0526. The SMILES string of the molecule is CCOC(=O)c1ccc(N(CC)Cc2ccc(Cl)cc2OCc2ccccc2)cc1. The van der Waals surface area contributed by atoms with Crippen LogP contribution in [0.15, 0.2) is 72.8 Å². The third-order valence-corrected chi connectivity index (χ3v) is 4.99. The van der Waals surface area contributed by atoms with E-state index >= 15 is 0 Å². The maximum Gasteiger partial charge on any atom is 0.338 e. The van der Waals surface area contributed by atoms with Gasteiger partial charge < -0.3 is 14.4 Å². The summed E-state index contributed by atoms with van der Waals surface area (Å²) in [5.74, 6) is 0.467. The normalized spacial score (nSPS) is 10.5. The van der Waals surface area contributed by atoms with E-state index in [9.17, 15) is 4.79 Å².